The fraction of sp³-hybridized carbons (Fsp3) is 0.711. The van der Waals surface area contributed by atoms with Crippen molar-refractivity contribution in [2.75, 3.05) is 27.7 Å². The number of fused-ring (bicyclic) bond motifs is 1. The number of likely N-dealkylation sites (N-methyl/N-ethyl adjacent to an activating group) is 1. The molecule has 16 heteroatoms. The summed E-state index contributed by atoms with van der Waals surface area (Å²) in [5.74, 6) is -2.93. The maximum Gasteiger partial charge on any atom is 0.433 e. The van der Waals surface area contributed by atoms with Crippen molar-refractivity contribution in [3.05, 3.63) is 45.7 Å². The van der Waals surface area contributed by atoms with Crippen molar-refractivity contribution in [2.24, 2.45) is 17.8 Å². The van der Waals surface area contributed by atoms with Crippen LogP contribution in [0.3, 0.4) is 0 Å². The maximum atomic E-state index is 14.5. The van der Waals surface area contributed by atoms with Gasteiger partial charge in [-0.05, 0) is 73.2 Å². The molecule has 2 N–H and O–H groups in total. The van der Waals surface area contributed by atoms with Gasteiger partial charge < -0.3 is 38.1 Å². The minimum absolute atomic E-state index is 0.0616. The zero-order valence-electron chi connectivity index (χ0n) is 33.3. The van der Waals surface area contributed by atoms with E-state index in [1.807, 2.05) is 39.8 Å². The van der Waals surface area contributed by atoms with Crippen molar-refractivity contribution in [1.82, 2.24) is 15.3 Å². The second kappa shape index (κ2) is 17.4. The Labute approximate surface area is 317 Å². The Kier molecular flexibility index (Phi) is 13.9. The number of carbonyl (C=O) groups excluding carboxylic acids is 3. The van der Waals surface area contributed by atoms with E-state index in [0.717, 1.165) is 0 Å². The quantitative estimate of drug-likeness (QED) is 0.190. The number of nitrogens with zero attached hydrogens (tertiary/aromatic N) is 3. The number of Topliss-reactive ketones (excluding diaryl/α,β-unsaturated/α-hetero) is 1. The molecule has 0 bridgehead atoms. The van der Waals surface area contributed by atoms with Crippen LogP contribution in [0.1, 0.15) is 80.4 Å². The highest BCUT2D eigenvalue weighted by Crippen LogP contribution is 2.42. The molecule has 302 valence electrons. The number of hydrogen-bond acceptors (Lipinski definition) is 14. The van der Waals surface area contributed by atoms with Gasteiger partial charge in [-0.2, -0.15) is 0 Å². The summed E-state index contributed by atoms with van der Waals surface area (Å²) in [5, 5.41) is 23.6. The van der Waals surface area contributed by atoms with E-state index in [2.05, 4.69) is 5.43 Å². The normalized spacial score (nSPS) is 38.1. The molecule has 2 fully saturated rings. The molecule has 4 heterocycles. The number of nitro groups is 1. The van der Waals surface area contributed by atoms with Gasteiger partial charge in [-0.3, -0.25) is 14.9 Å². The van der Waals surface area contributed by atoms with Gasteiger partial charge in [0.15, 0.2) is 11.9 Å². The Morgan fingerprint density at radius 1 is 1.17 bits per heavy atom. The van der Waals surface area contributed by atoms with E-state index in [1.54, 1.807) is 46.8 Å². The number of aliphatic hydroxyl groups excluding tert-OH is 1. The highest BCUT2D eigenvalue weighted by molar-refractivity contribution is 5.88. The highest BCUT2D eigenvalue weighted by Gasteiger charge is 2.60. The third-order valence-corrected chi connectivity index (χ3v) is 11.1. The molecule has 0 radical (unpaired) electrons. The number of esters is 1. The van der Waals surface area contributed by atoms with Crippen LogP contribution >= 0.6 is 0 Å². The summed E-state index contributed by atoms with van der Waals surface area (Å²) >= 11 is 0. The second-order valence-corrected chi connectivity index (χ2v) is 15.5. The number of nitrogens with one attached hydrogen (secondary N) is 1. The monoisotopic (exact) mass is 762 g/mol. The number of hydrogen-bond donors (Lipinski definition) is 2. The Morgan fingerprint density at radius 3 is 2.44 bits per heavy atom. The molecule has 4 rings (SSSR count). The van der Waals surface area contributed by atoms with Crippen molar-refractivity contribution in [2.45, 2.75) is 129 Å². The Morgan fingerprint density at radius 2 is 1.85 bits per heavy atom. The number of furan rings is 1. The molecule has 2 saturated heterocycles. The molecule has 0 aromatic carbocycles. The molecule has 12 atom stereocenters. The van der Waals surface area contributed by atoms with Crippen LogP contribution < -0.4 is 5.43 Å². The number of hydrazine groups is 1. The molecule has 0 aliphatic carbocycles. The summed E-state index contributed by atoms with van der Waals surface area (Å²) in [6, 6.07) is 1.52. The summed E-state index contributed by atoms with van der Waals surface area (Å²) in [5.41, 5.74) is 0.742. The number of carbonyl (C=O) groups is 3. The number of methoxy groups -OCH3 is 1. The van der Waals surface area contributed by atoms with Gasteiger partial charge in [0.2, 0.25) is 0 Å². The van der Waals surface area contributed by atoms with Gasteiger partial charge in [-0.25, -0.2) is 20.0 Å². The first kappa shape index (κ1) is 43.1. The van der Waals surface area contributed by atoms with Gasteiger partial charge in [0.1, 0.15) is 34.7 Å². The summed E-state index contributed by atoms with van der Waals surface area (Å²) in [7, 11) is 5.31. The topological polar surface area (TPSA) is 192 Å². The maximum absolute atomic E-state index is 14.5. The molecule has 0 unspecified atom stereocenters. The predicted octanol–water partition coefficient (Wildman–Crippen LogP) is 4.65. The van der Waals surface area contributed by atoms with Crippen LogP contribution in [0.2, 0.25) is 0 Å². The van der Waals surface area contributed by atoms with E-state index in [4.69, 9.17) is 28.1 Å². The van der Waals surface area contributed by atoms with Gasteiger partial charge >= 0.3 is 17.9 Å². The lowest BCUT2D eigenvalue weighted by molar-refractivity contribution is -0.402. The molecular formula is C38H58N4O12. The van der Waals surface area contributed by atoms with Crippen molar-refractivity contribution >= 4 is 29.8 Å². The van der Waals surface area contributed by atoms with Crippen molar-refractivity contribution in [1.29, 1.82) is 0 Å². The molecular weight excluding hydrogens is 704 g/mol. The third-order valence-electron chi connectivity index (χ3n) is 11.1. The van der Waals surface area contributed by atoms with E-state index < -0.39 is 82.5 Å². The zero-order chi connectivity index (χ0) is 40.3. The SMILES string of the molecule is CC[C@H]1OC(=O)/C(C)=C/[C@H](C)[C@@H](O[C@@H]2O[C@H](C)C[C@H](N(C)C)[C@H]2O)[C@@](C)(OC)C[C@@H](C)C(=O)[C@H](C)[C@H]2N(NC/C=C/c3ccc([N+](=O)[O-])o3)C(=O)O[C@]12C. The number of amides is 1. The molecule has 1 aromatic heterocycles. The van der Waals surface area contributed by atoms with Crippen LogP contribution in [0.15, 0.2) is 34.3 Å². The molecule has 54 heavy (non-hydrogen) atoms. The number of ketones is 1. The smallest absolute Gasteiger partial charge is 0.433 e. The van der Waals surface area contributed by atoms with E-state index in [0.29, 0.717) is 6.42 Å². The summed E-state index contributed by atoms with van der Waals surface area (Å²) in [6.45, 7) is 14.3. The molecule has 1 amide bonds. The average Bonchev–Trinajstić information content (AvgIpc) is 3.69. The number of aliphatic hydroxyl groups is 1. The van der Waals surface area contributed by atoms with Crippen molar-refractivity contribution in [3.63, 3.8) is 0 Å². The van der Waals surface area contributed by atoms with Gasteiger partial charge in [-0.15, -0.1) is 0 Å². The summed E-state index contributed by atoms with van der Waals surface area (Å²) in [4.78, 5) is 54.2. The molecule has 3 aliphatic heterocycles. The standard InChI is InChI=1S/C38H58N4O12/c1-12-28-38(8)32(41(36(46)54-38)39-17-13-14-26-15-16-29(51-26)42(47)48)25(6)30(43)23(4)20-37(7,49-11)33(21(2)18-22(3)34(45)52-28)53-35-31(44)27(40(9)10)19-24(5)50-35/h13-16,18,21,23-25,27-28,31-33,35,39,44H,12,17,19-20H2,1-11H3/b14-13+,22-18+/t21-,23+,24+,25-,27-,28+,31+,32+,33+,35-,37-,38+/m0/s1. The van der Waals surface area contributed by atoms with E-state index in [1.165, 1.54) is 30.3 Å². The first-order chi connectivity index (χ1) is 25.3. The van der Waals surface area contributed by atoms with Crippen LogP contribution in [0.5, 0.6) is 0 Å². The van der Waals surface area contributed by atoms with Crippen molar-refractivity contribution in [3.8, 4) is 0 Å². The Hall–Kier alpha value is -3.67. The zero-order valence-corrected chi connectivity index (χ0v) is 33.3. The Balaban J connectivity index is 1.71. The van der Waals surface area contributed by atoms with Gasteiger partial charge in [-0.1, -0.05) is 39.8 Å². The predicted molar refractivity (Wildman–Crippen MR) is 197 cm³/mol. The van der Waals surface area contributed by atoms with E-state index in [9.17, 15) is 29.6 Å². The number of rotatable bonds is 10. The minimum Gasteiger partial charge on any atom is -0.455 e. The van der Waals surface area contributed by atoms with Crippen LogP contribution in [0.25, 0.3) is 6.08 Å². The average molecular weight is 763 g/mol. The number of ether oxygens (including phenoxy) is 5. The Bertz CT molecular complexity index is 1580. The lowest BCUT2D eigenvalue weighted by atomic mass is 9.74. The van der Waals surface area contributed by atoms with Crippen LogP contribution in [-0.4, -0.2) is 120 Å². The molecule has 3 aliphatic rings. The third kappa shape index (κ3) is 9.06. The van der Waals surface area contributed by atoms with Crippen molar-refractivity contribution < 1.29 is 52.5 Å². The summed E-state index contributed by atoms with van der Waals surface area (Å²) < 4.78 is 36.3. The molecule has 16 nitrogen and oxygen atoms in total. The lowest BCUT2D eigenvalue weighted by Gasteiger charge is -2.46. The molecule has 1 aromatic rings. The first-order valence-electron chi connectivity index (χ1n) is 18.6. The highest BCUT2D eigenvalue weighted by atomic mass is 16.7. The van der Waals surface area contributed by atoms with Gasteiger partial charge in [0.25, 0.3) is 0 Å². The van der Waals surface area contributed by atoms with E-state index >= 15 is 0 Å². The van der Waals surface area contributed by atoms with Gasteiger partial charge in [0.05, 0.1) is 23.9 Å². The minimum atomic E-state index is -1.45. The van der Waals surface area contributed by atoms with Crippen LogP contribution in [0, 0.1) is 27.9 Å². The number of cyclic esters (lactones) is 1. The fourth-order valence-corrected chi connectivity index (χ4v) is 8.29. The fourth-order valence-electron chi connectivity index (χ4n) is 8.29. The second-order valence-electron chi connectivity index (χ2n) is 15.5. The summed E-state index contributed by atoms with van der Waals surface area (Å²) in [6.07, 6.45) is 1.20. The van der Waals surface area contributed by atoms with E-state index in [-0.39, 0.29) is 48.6 Å². The molecule has 0 spiro atoms. The lowest BCUT2D eigenvalue weighted by Crippen LogP contribution is -2.60. The molecule has 0 saturated carbocycles. The van der Waals surface area contributed by atoms with Crippen LogP contribution in [0.4, 0.5) is 10.7 Å². The van der Waals surface area contributed by atoms with Crippen LogP contribution in [-0.2, 0) is 33.3 Å². The first-order valence-corrected chi connectivity index (χ1v) is 18.6. The van der Waals surface area contributed by atoms with Gasteiger partial charge in [0, 0.05) is 43.0 Å². The largest absolute Gasteiger partial charge is 0.455 e.